The van der Waals surface area contributed by atoms with Gasteiger partial charge in [-0.3, -0.25) is 0 Å². The Labute approximate surface area is 123 Å². The van der Waals surface area contributed by atoms with Gasteiger partial charge in [0.1, 0.15) is 12.2 Å². The van der Waals surface area contributed by atoms with Gasteiger partial charge in [0.2, 0.25) is 5.88 Å². The first-order chi connectivity index (χ1) is 10.1. The summed E-state index contributed by atoms with van der Waals surface area (Å²) in [6, 6.07) is 8.92. The predicted octanol–water partition coefficient (Wildman–Crippen LogP) is 2.98. The lowest BCUT2D eigenvalue weighted by Gasteiger charge is -2.10. The van der Waals surface area contributed by atoms with Gasteiger partial charge in [0, 0.05) is 12.0 Å². The minimum Gasteiger partial charge on any atom is -0.477 e. The van der Waals surface area contributed by atoms with E-state index in [-0.39, 0.29) is 18.1 Å². The van der Waals surface area contributed by atoms with Gasteiger partial charge in [0.25, 0.3) is 0 Å². The van der Waals surface area contributed by atoms with Crippen LogP contribution in [-0.2, 0) is 4.74 Å². The fourth-order valence-electron chi connectivity index (χ4n) is 1.88. The highest BCUT2D eigenvalue weighted by Gasteiger charge is 2.14. The second kappa shape index (κ2) is 7.04. The topological polar surface area (TPSA) is 68.7 Å². The Balaban J connectivity index is 2.10. The van der Waals surface area contributed by atoms with Crippen molar-refractivity contribution in [2.45, 2.75) is 13.8 Å². The Morgan fingerprint density at radius 2 is 2.05 bits per heavy atom. The van der Waals surface area contributed by atoms with Gasteiger partial charge in [0.05, 0.1) is 12.1 Å². The monoisotopic (exact) mass is 289 g/mol. The zero-order valence-electron chi connectivity index (χ0n) is 12.2. The van der Waals surface area contributed by atoms with E-state index in [1.54, 1.807) is 6.07 Å². The van der Waals surface area contributed by atoms with Crippen molar-refractivity contribution in [1.82, 2.24) is 4.98 Å². The summed E-state index contributed by atoms with van der Waals surface area (Å²) < 4.78 is 10.9. The molecule has 0 radical (unpaired) electrons. The number of fused-ring (bicyclic) bond motifs is 1. The molecule has 0 saturated carbocycles. The number of ether oxygens (including phenoxy) is 2. The van der Waals surface area contributed by atoms with Crippen molar-refractivity contribution >= 4 is 16.9 Å². The molecule has 112 valence electrons. The molecule has 0 amide bonds. The van der Waals surface area contributed by atoms with E-state index >= 15 is 0 Å². The maximum atomic E-state index is 11.3. The Bertz CT molecular complexity index is 625. The summed E-state index contributed by atoms with van der Waals surface area (Å²) in [6.45, 7) is 5.47. The molecule has 1 heterocycles. The van der Waals surface area contributed by atoms with Crippen molar-refractivity contribution < 1.29 is 19.4 Å². The number of carbonyl (C=O) groups is 1. The van der Waals surface area contributed by atoms with E-state index in [2.05, 4.69) is 18.8 Å². The van der Waals surface area contributed by atoms with Crippen LogP contribution in [0.1, 0.15) is 24.2 Å². The average molecular weight is 289 g/mol. The molecule has 0 aliphatic rings. The highest BCUT2D eigenvalue weighted by molar-refractivity contribution is 5.95. The lowest BCUT2D eigenvalue weighted by Crippen LogP contribution is -2.12. The summed E-state index contributed by atoms with van der Waals surface area (Å²) in [5.74, 6) is -0.459. The van der Waals surface area contributed by atoms with Crippen molar-refractivity contribution in [1.29, 1.82) is 0 Å². The minimum atomic E-state index is -1.05. The van der Waals surface area contributed by atoms with Gasteiger partial charge < -0.3 is 14.6 Å². The van der Waals surface area contributed by atoms with Crippen molar-refractivity contribution in [3.8, 4) is 5.88 Å². The van der Waals surface area contributed by atoms with E-state index in [0.29, 0.717) is 24.6 Å². The number of para-hydroxylation sites is 1. The maximum absolute atomic E-state index is 11.3. The third-order valence-electron chi connectivity index (χ3n) is 2.84. The first-order valence-electron chi connectivity index (χ1n) is 6.91. The van der Waals surface area contributed by atoms with E-state index in [9.17, 15) is 9.90 Å². The molecule has 2 rings (SSSR count). The van der Waals surface area contributed by atoms with Crippen LogP contribution in [0.4, 0.5) is 0 Å². The molecule has 1 N–H and O–H groups in total. The third kappa shape index (κ3) is 4.16. The van der Waals surface area contributed by atoms with Crippen molar-refractivity contribution in [3.05, 3.63) is 35.9 Å². The van der Waals surface area contributed by atoms with Crippen LogP contribution in [-0.4, -0.2) is 35.9 Å². The molecule has 21 heavy (non-hydrogen) atoms. The zero-order chi connectivity index (χ0) is 15.2. The molecule has 0 spiro atoms. The van der Waals surface area contributed by atoms with Crippen molar-refractivity contribution in [3.63, 3.8) is 0 Å². The summed E-state index contributed by atoms with van der Waals surface area (Å²) in [6.07, 6.45) is 0. The Morgan fingerprint density at radius 3 is 2.76 bits per heavy atom. The standard InChI is InChI=1S/C16H19NO4/c1-11(2)10-20-7-8-21-15-13(16(18)19)9-12-5-3-4-6-14(12)17-15/h3-6,9,11H,7-8,10H2,1-2H3,(H,18,19). The van der Waals surface area contributed by atoms with Crippen LogP contribution in [0.2, 0.25) is 0 Å². The van der Waals surface area contributed by atoms with Crippen LogP contribution in [0.25, 0.3) is 10.9 Å². The van der Waals surface area contributed by atoms with Gasteiger partial charge in [-0.1, -0.05) is 32.0 Å². The molecule has 5 heteroatoms. The first-order valence-corrected chi connectivity index (χ1v) is 6.91. The van der Waals surface area contributed by atoms with Crippen LogP contribution in [0, 0.1) is 5.92 Å². The average Bonchev–Trinajstić information content (AvgIpc) is 2.45. The number of aromatic carboxylic acids is 1. The maximum Gasteiger partial charge on any atom is 0.341 e. The molecule has 0 atom stereocenters. The number of nitrogens with zero attached hydrogens (tertiary/aromatic N) is 1. The molecule has 0 fully saturated rings. The third-order valence-corrected chi connectivity index (χ3v) is 2.84. The molecule has 5 nitrogen and oxygen atoms in total. The van der Waals surface area contributed by atoms with E-state index in [1.807, 2.05) is 24.3 Å². The number of carboxylic acid groups (broad SMARTS) is 1. The van der Waals surface area contributed by atoms with Crippen LogP contribution >= 0.6 is 0 Å². The fraction of sp³-hybridized carbons (Fsp3) is 0.375. The molecule has 0 unspecified atom stereocenters. The molecular weight excluding hydrogens is 270 g/mol. The smallest absolute Gasteiger partial charge is 0.341 e. The number of pyridine rings is 1. The number of carboxylic acids is 1. The molecule has 0 aliphatic carbocycles. The summed E-state index contributed by atoms with van der Waals surface area (Å²) in [5, 5.41) is 10.0. The number of rotatable bonds is 7. The van der Waals surface area contributed by atoms with Gasteiger partial charge in [-0.05, 0) is 18.1 Å². The number of hydrogen-bond donors (Lipinski definition) is 1. The van der Waals surface area contributed by atoms with Crippen molar-refractivity contribution in [2.75, 3.05) is 19.8 Å². The largest absolute Gasteiger partial charge is 0.477 e. The van der Waals surface area contributed by atoms with E-state index < -0.39 is 5.97 Å². The van der Waals surface area contributed by atoms with Gasteiger partial charge in [-0.2, -0.15) is 0 Å². The van der Waals surface area contributed by atoms with Crippen LogP contribution in [0.3, 0.4) is 0 Å². The summed E-state index contributed by atoms with van der Waals surface area (Å²) in [5.41, 5.74) is 0.776. The quantitative estimate of drug-likeness (QED) is 0.794. The molecule has 2 aromatic rings. The molecule has 0 saturated heterocycles. The highest BCUT2D eigenvalue weighted by Crippen LogP contribution is 2.22. The lowest BCUT2D eigenvalue weighted by atomic mass is 10.1. The first kappa shape index (κ1) is 15.3. The summed E-state index contributed by atoms with van der Waals surface area (Å²) >= 11 is 0. The summed E-state index contributed by atoms with van der Waals surface area (Å²) in [7, 11) is 0. The molecule has 0 bridgehead atoms. The number of hydrogen-bond acceptors (Lipinski definition) is 4. The zero-order valence-corrected chi connectivity index (χ0v) is 12.2. The fourth-order valence-corrected chi connectivity index (χ4v) is 1.88. The summed E-state index contributed by atoms with van der Waals surface area (Å²) in [4.78, 5) is 15.6. The molecule has 0 aliphatic heterocycles. The predicted molar refractivity (Wildman–Crippen MR) is 79.9 cm³/mol. The SMILES string of the molecule is CC(C)COCCOc1nc2ccccc2cc1C(=O)O. The van der Waals surface area contributed by atoms with E-state index in [1.165, 1.54) is 0 Å². The number of benzene rings is 1. The molecular formula is C16H19NO4. The Morgan fingerprint density at radius 1 is 1.29 bits per heavy atom. The lowest BCUT2D eigenvalue weighted by molar-refractivity contribution is 0.0674. The van der Waals surface area contributed by atoms with E-state index in [0.717, 1.165) is 5.39 Å². The second-order valence-corrected chi connectivity index (χ2v) is 5.16. The molecule has 1 aromatic heterocycles. The highest BCUT2D eigenvalue weighted by atomic mass is 16.5. The normalized spacial score (nSPS) is 11.0. The van der Waals surface area contributed by atoms with Gasteiger partial charge in [0.15, 0.2) is 0 Å². The second-order valence-electron chi connectivity index (χ2n) is 5.16. The Kier molecular flexibility index (Phi) is 5.11. The van der Waals surface area contributed by atoms with Crippen molar-refractivity contribution in [2.24, 2.45) is 5.92 Å². The van der Waals surface area contributed by atoms with Gasteiger partial charge >= 0.3 is 5.97 Å². The van der Waals surface area contributed by atoms with Gasteiger partial charge in [-0.15, -0.1) is 0 Å². The van der Waals surface area contributed by atoms with Crippen LogP contribution in [0.5, 0.6) is 5.88 Å². The minimum absolute atomic E-state index is 0.0672. The van der Waals surface area contributed by atoms with Crippen LogP contribution < -0.4 is 4.74 Å². The number of aromatic nitrogens is 1. The van der Waals surface area contributed by atoms with E-state index in [4.69, 9.17) is 9.47 Å². The van der Waals surface area contributed by atoms with Gasteiger partial charge in [-0.25, -0.2) is 9.78 Å². The Hall–Kier alpha value is -2.14. The van der Waals surface area contributed by atoms with Crippen LogP contribution in [0.15, 0.2) is 30.3 Å². The molecule has 1 aromatic carbocycles.